The number of allylic oxidation sites excluding steroid dienone is 5. The predicted molar refractivity (Wildman–Crippen MR) is 111 cm³/mol. The first-order valence-corrected chi connectivity index (χ1v) is 10.3. The van der Waals surface area contributed by atoms with Gasteiger partial charge in [-0.15, -0.1) is 5.10 Å². The highest BCUT2D eigenvalue weighted by Crippen LogP contribution is 2.39. The van der Waals surface area contributed by atoms with Crippen LogP contribution in [0, 0.1) is 11.8 Å². The summed E-state index contributed by atoms with van der Waals surface area (Å²) in [5.74, 6) is -0.737. The second-order valence-electron chi connectivity index (χ2n) is 7.75. The quantitative estimate of drug-likeness (QED) is 0.707. The van der Waals surface area contributed by atoms with Gasteiger partial charge in [0, 0.05) is 23.3 Å². The van der Waals surface area contributed by atoms with Gasteiger partial charge in [0.2, 0.25) is 0 Å². The summed E-state index contributed by atoms with van der Waals surface area (Å²) in [6, 6.07) is 8.02. The number of Topliss-reactive ketones (excluding diaryl/α,β-unsaturated/α-hetero) is 2. The van der Waals surface area contributed by atoms with Crippen molar-refractivity contribution in [1.29, 1.82) is 0 Å². The van der Waals surface area contributed by atoms with Gasteiger partial charge in [-0.2, -0.15) is 0 Å². The van der Waals surface area contributed by atoms with Crippen LogP contribution in [0.5, 0.6) is 0 Å². The molecule has 0 aliphatic heterocycles. The molecule has 0 N–H and O–H groups in total. The first-order chi connectivity index (χ1) is 13.4. The minimum atomic E-state index is -0.602. The maximum absolute atomic E-state index is 13.1. The SMILES string of the molecule is C=C1C=C(C)C(C2C(=O)CC(Cc3ccc(-c4csnn4)cc3)C2=O)=C(C)C1. The van der Waals surface area contributed by atoms with Gasteiger partial charge >= 0.3 is 0 Å². The van der Waals surface area contributed by atoms with E-state index in [1.807, 2.05) is 49.6 Å². The summed E-state index contributed by atoms with van der Waals surface area (Å²) in [6.45, 7) is 8.01. The molecule has 0 spiro atoms. The van der Waals surface area contributed by atoms with Gasteiger partial charge in [-0.05, 0) is 54.9 Å². The van der Waals surface area contributed by atoms with Crippen LogP contribution in [0.4, 0.5) is 0 Å². The summed E-state index contributed by atoms with van der Waals surface area (Å²) in [5, 5.41) is 5.98. The van der Waals surface area contributed by atoms with Crippen molar-refractivity contribution in [2.75, 3.05) is 0 Å². The first kappa shape index (κ1) is 18.7. The maximum atomic E-state index is 13.1. The van der Waals surface area contributed by atoms with E-state index in [0.717, 1.165) is 45.5 Å². The number of hydrogen-bond donors (Lipinski definition) is 0. The molecule has 142 valence electrons. The fraction of sp³-hybridized carbons (Fsp3) is 0.304. The Morgan fingerprint density at radius 2 is 1.93 bits per heavy atom. The molecule has 0 amide bonds. The molecule has 0 saturated heterocycles. The molecule has 2 aromatic rings. The molecule has 0 radical (unpaired) electrons. The molecule has 1 aromatic heterocycles. The molecule has 4 rings (SSSR count). The molecule has 1 saturated carbocycles. The number of nitrogens with zero attached hydrogens (tertiary/aromatic N) is 2. The Labute approximate surface area is 168 Å². The lowest BCUT2D eigenvalue weighted by molar-refractivity contribution is -0.126. The van der Waals surface area contributed by atoms with Crippen molar-refractivity contribution in [2.45, 2.75) is 33.1 Å². The Balaban J connectivity index is 1.52. The largest absolute Gasteiger partial charge is 0.298 e. The van der Waals surface area contributed by atoms with Crippen molar-refractivity contribution in [3.8, 4) is 11.3 Å². The topological polar surface area (TPSA) is 59.9 Å². The fourth-order valence-corrected chi connectivity index (χ4v) is 4.86. The number of benzene rings is 1. The van der Waals surface area contributed by atoms with Crippen molar-refractivity contribution in [1.82, 2.24) is 9.59 Å². The second kappa shape index (κ2) is 7.40. The maximum Gasteiger partial charge on any atom is 0.151 e. The number of hydrogen-bond acceptors (Lipinski definition) is 5. The molecule has 5 heteroatoms. The van der Waals surface area contributed by atoms with E-state index in [4.69, 9.17) is 0 Å². The van der Waals surface area contributed by atoms with Crippen molar-refractivity contribution in [2.24, 2.45) is 11.8 Å². The molecule has 1 aromatic carbocycles. The van der Waals surface area contributed by atoms with Gasteiger partial charge in [0.15, 0.2) is 5.78 Å². The van der Waals surface area contributed by atoms with Gasteiger partial charge in [0.05, 0.1) is 0 Å². The van der Waals surface area contributed by atoms with Gasteiger partial charge in [-0.3, -0.25) is 9.59 Å². The fourth-order valence-electron chi connectivity index (χ4n) is 4.40. The lowest BCUT2D eigenvalue weighted by atomic mass is 9.80. The summed E-state index contributed by atoms with van der Waals surface area (Å²) >= 11 is 1.32. The van der Waals surface area contributed by atoms with E-state index in [1.54, 1.807) is 0 Å². The third-order valence-corrected chi connectivity index (χ3v) is 6.14. The summed E-state index contributed by atoms with van der Waals surface area (Å²) in [5.41, 5.74) is 6.98. The molecule has 4 nitrogen and oxygen atoms in total. The summed E-state index contributed by atoms with van der Waals surface area (Å²) in [7, 11) is 0. The normalized spacial score (nSPS) is 22.8. The minimum absolute atomic E-state index is 0.0507. The smallest absolute Gasteiger partial charge is 0.151 e. The van der Waals surface area contributed by atoms with E-state index in [1.165, 1.54) is 11.5 Å². The van der Waals surface area contributed by atoms with Crippen molar-refractivity contribution in [3.63, 3.8) is 0 Å². The van der Waals surface area contributed by atoms with Gasteiger partial charge in [-0.1, -0.05) is 52.6 Å². The van der Waals surface area contributed by atoms with Crippen LogP contribution >= 0.6 is 11.5 Å². The standard InChI is InChI=1S/C23H22N2O2S/c1-13-8-14(2)21(15(3)9-13)22-20(26)11-18(23(22)27)10-16-4-6-17(7-5-16)19-12-28-25-24-19/h4-8,12,18,22H,1,9-11H2,2-3H3. The molecule has 2 aliphatic carbocycles. The number of carbonyl (C=O) groups is 2. The molecular weight excluding hydrogens is 368 g/mol. The van der Waals surface area contributed by atoms with Crippen molar-refractivity contribution in [3.05, 3.63) is 70.2 Å². The predicted octanol–water partition coefficient (Wildman–Crippen LogP) is 4.74. The van der Waals surface area contributed by atoms with Crippen LogP contribution in [0.3, 0.4) is 0 Å². The van der Waals surface area contributed by atoms with E-state index in [2.05, 4.69) is 16.2 Å². The van der Waals surface area contributed by atoms with Crippen molar-refractivity contribution < 1.29 is 9.59 Å². The van der Waals surface area contributed by atoms with E-state index in [-0.39, 0.29) is 17.5 Å². The highest BCUT2D eigenvalue weighted by Gasteiger charge is 2.44. The molecule has 28 heavy (non-hydrogen) atoms. The second-order valence-corrected chi connectivity index (χ2v) is 8.36. The Kier molecular flexibility index (Phi) is 4.94. The van der Waals surface area contributed by atoms with E-state index < -0.39 is 5.92 Å². The lowest BCUT2D eigenvalue weighted by Crippen LogP contribution is -2.23. The van der Waals surface area contributed by atoms with Crippen molar-refractivity contribution >= 4 is 23.1 Å². The van der Waals surface area contributed by atoms with Crippen LogP contribution in [-0.4, -0.2) is 21.2 Å². The average molecular weight is 391 g/mol. The molecule has 1 heterocycles. The van der Waals surface area contributed by atoms with Crippen LogP contribution in [0.2, 0.25) is 0 Å². The Hall–Kier alpha value is -2.66. The van der Waals surface area contributed by atoms with E-state index in [9.17, 15) is 9.59 Å². The summed E-state index contributed by atoms with van der Waals surface area (Å²) < 4.78 is 3.89. The zero-order chi connectivity index (χ0) is 19.8. The minimum Gasteiger partial charge on any atom is -0.298 e. The number of aromatic nitrogens is 2. The average Bonchev–Trinajstić information content (AvgIpc) is 3.26. The summed E-state index contributed by atoms with van der Waals surface area (Å²) in [4.78, 5) is 25.9. The third kappa shape index (κ3) is 3.42. The Morgan fingerprint density at radius 3 is 2.57 bits per heavy atom. The van der Waals surface area contributed by atoms with Gasteiger partial charge in [0.25, 0.3) is 0 Å². The number of ketones is 2. The summed E-state index contributed by atoms with van der Waals surface area (Å²) in [6.07, 6.45) is 3.66. The van der Waals surface area contributed by atoms with Gasteiger partial charge in [-0.25, -0.2) is 0 Å². The molecular formula is C23H22N2O2S. The zero-order valence-electron chi connectivity index (χ0n) is 16.1. The van der Waals surface area contributed by atoms with Gasteiger partial charge in [0.1, 0.15) is 17.4 Å². The highest BCUT2D eigenvalue weighted by molar-refractivity contribution is 7.03. The molecule has 2 aliphatic rings. The van der Waals surface area contributed by atoms with E-state index in [0.29, 0.717) is 12.8 Å². The van der Waals surface area contributed by atoms with E-state index >= 15 is 0 Å². The molecule has 2 unspecified atom stereocenters. The zero-order valence-corrected chi connectivity index (χ0v) is 16.9. The number of carbonyl (C=O) groups excluding carboxylic acids is 2. The lowest BCUT2D eigenvalue weighted by Gasteiger charge is -2.22. The molecule has 1 fully saturated rings. The number of rotatable bonds is 4. The monoisotopic (exact) mass is 390 g/mol. The van der Waals surface area contributed by atoms with Crippen LogP contribution in [0.25, 0.3) is 11.3 Å². The third-order valence-electron chi connectivity index (χ3n) is 5.63. The first-order valence-electron chi connectivity index (χ1n) is 9.43. The Bertz CT molecular complexity index is 1010. The van der Waals surface area contributed by atoms with Crippen LogP contribution < -0.4 is 0 Å². The van der Waals surface area contributed by atoms with Crippen LogP contribution in [0.15, 0.2) is 64.6 Å². The molecule has 0 bridgehead atoms. The van der Waals surface area contributed by atoms with Crippen LogP contribution in [0.1, 0.15) is 32.3 Å². The van der Waals surface area contributed by atoms with Gasteiger partial charge < -0.3 is 0 Å². The van der Waals surface area contributed by atoms with Crippen LogP contribution in [-0.2, 0) is 16.0 Å². The highest BCUT2D eigenvalue weighted by atomic mass is 32.1. The Morgan fingerprint density at radius 1 is 1.18 bits per heavy atom. The molecule has 2 atom stereocenters.